The molecule has 4 heteroatoms. The molecule has 3 N–H and O–H groups in total. The maximum Gasteiger partial charge on any atom is 0.145 e. The lowest BCUT2D eigenvalue weighted by Crippen LogP contribution is -2.08. The lowest BCUT2D eigenvalue weighted by atomic mass is 10.1. The summed E-state index contributed by atoms with van der Waals surface area (Å²) < 4.78 is 5.33. The first-order valence-electron chi connectivity index (χ1n) is 5.50. The molecule has 0 radical (unpaired) electrons. The van der Waals surface area contributed by atoms with Gasteiger partial charge < -0.3 is 20.5 Å². The molecular weight excluding hydrogens is 204 g/mol. The topological polar surface area (TPSA) is 53.5 Å². The maximum absolute atomic E-state index is 8.81. The fraction of sp³-hybridized carbons (Fsp3) is 0.500. The third kappa shape index (κ3) is 3.03. The molecule has 1 rings (SSSR count). The summed E-state index contributed by atoms with van der Waals surface area (Å²) in [7, 11) is 1.65. The summed E-state index contributed by atoms with van der Waals surface area (Å²) in [5, 5.41) is 15.2. The fourth-order valence-electron chi connectivity index (χ4n) is 1.67. The van der Waals surface area contributed by atoms with Crippen molar-refractivity contribution in [3.8, 4) is 5.75 Å². The summed E-state index contributed by atoms with van der Waals surface area (Å²) in [6.45, 7) is 5.56. The van der Waals surface area contributed by atoms with E-state index in [1.165, 1.54) is 0 Å². The molecule has 0 amide bonds. The van der Waals surface area contributed by atoms with Crippen molar-refractivity contribution in [1.82, 2.24) is 0 Å². The second-order valence-electron chi connectivity index (χ2n) is 3.55. The van der Waals surface area contributed by atoms with Crippen LogP contribution in [0.5, 0.6) is 5.75 Å². The van der Waals surface area contributed by atoms with E-state index in [0.717, 1.165) is 29.2 Å². The maximum atomic E-state index is 8.81. The highest BCUT2D eigenvalue weighted by Gasteiger charge is 2.07. The van der Waals surface area contributed by atoms with Gasteiger partial charge in [0.2, 0.25) is 0 Å². The monoisotopic (exact) mass is 224 g/mol. The predicted octanol–water partition coefficient (Wildman–Crippen LogP) is 1.84. The van der Waals surface area contributed by atoms with Gasteiger partial charge in [-0.05, 0) is 31.5 Å². The van der Waals surface area contributed by atoms with E-state index in [-0.39, 0.29) is 6.61 Å². The van der Waals surface area contributed by atoms with Crippen LogP contribution in [0.4, 0.5) is 11.4 Å². The molecule has 0 spiro atoms. The van der Waals surface area contributed by atoms with Crippen molar-refractivity contribution in [3.05, 3.63) is 17.7 Å². The molecule has 0 aliphatic carbocycles. The molecule has 0 bridgehead atoms. The van der Waals surface area contributed by atoms with Gasteiger partial charge in [-0.15, -0.1) is 0 Å². The molecule has 0 unspecified atom stereocenters. The first-order valence-corrected chi connectivity index (χ1v) is 5.50. The second kappa shape index (κ2) is 6.23. The Hall–Kier alpha value is -1.42. The van der Waals surface area contributed by atoms with Crippen LogP contribution in [0, 0.1) is 6.92 Å². The van der Waals surface area contributed by atoms with Gasteiger partial charge in [-0.1, -0.05) is 0 Å². The molecule has 1 aromatic carbocycles. The number of hydrogen-bond donors (Lipinski definition) is 3. The van der Waals surface area contributed by atoms with Gasteiger partial charge in [0.1, 0.15) is 5.75 Å². The molecule has 0 aliphatic rings. The largest absolute Gasteiger partial charge is 0.494 e. The Balaban J connectivity index is 2.99. The fourth-order valence-corrected chi connectivity index (χ4v) is 1.67. The lowest BCUT2D eigenvalue weighted by Gasteiger charge is -2.15. The number of nitrogens with one attached hydrogen (secondary N) is 2. The molecule has 0 fully saturated rings. The molecule has 90 valence electrons. The van der Waals surface area contributed by atoms with Crippen LogP contribution in [0.2, 0.25) is 0 Å². The molecule has 0 saturated heterocycles. The number of methoxy groups -OCH3 is 1. The number of rotatable bonds is 6. The summed E-state index contributed by atoms with van der Waals surface area (Å²) in [5.74, 6) is 0.829. The van der Waals surface area contributed by atoms with Crippen LogP contribution in [-0.4, -0.2) is 31.9 Å². The van der Waals surface area contributed by atoms with Gasteiger partial charge in [-0.25, -0.2) is 0 Å². The number of hydrogen-bond acceptors (Lipinski definition) is 4. The van der Waals surface area contributed by atoms with Gasteiger partial charge in [0, 0.05) is 18.8 Å². The van der Waals surface area contributed by atoms with E-state index in [9.17, 15) is 0 Å². The molecule has 4 nitrogen and oxygen atoms in total. The van der Waals surface area contributed by atoms with Gasteiger partial charge in [0.25, 0.3) is 0 Å². The number of benzene rings is 1. The summed E-state index contributed by atoms with van der Waals surface area (Å²) >= 11 is 0. The number of aliphatic hydroxyl groups excluding tert-OH is 1. The highest BCUT2D eigenvalue weighted by atomic mass is 16.5. The predicted molar refractivity (Wildman–Crippen MR) is 67.5 cm³/mol. The highest BCUT2D eigenvalue weighted by molar-refractivity contribution is 5.68. The first kappa shape index (κ1) is 12.6. The Bertz CT molecular complexity index is 340. The van der Waals surface area contributed by atoms with Crippen LogP contribution in [0.15, 0.2) is 12.1 Å². The summed E-state index contributed by atoms with van der Waals surface area (Å²) in [6.07, 6.45) is 0. The van der Waals surface area contributed by atoms with Crippen molar-refractivity contribution in [2.45, 2.75) is 13.8 Å². The Labute approximate surface area is 96.6 Å². The minimum absolute atomic E-state index is 0.105. The van der Waals surface area contributed by atoms with E-state index < -0.39 is 0 Å². The van der Waals surface area contributed by atoms with Gasteiger partial charge in [-0.3, -0.25) is 0 Å². The molecule has 16 heavy (non-hydrogen) atoms. The zero-order valence-corrected chi connectivity index (χ0v) is 10.1. The van der Waals surface area contributed by atoms with Crippen molar-refractivity contribution in [3.63, 3.8) is 0 Å². The smallest absolute Gasteiger partial charge is 0.145 e. The van der Waals surface area contributed by atoms with E-state index in [1.54, 1.807) is 7.11 Å². The Morgan fingerprint density at radius 3 is 2.62 bits per heavy atom. The Morgan fingerprint density at radius 2 is 2.06 bits per heavy atom. The Kier molecular flexibility index (Phi) is 4.92. The first-order chi connectivity index (χ1) is 7.72. The van der Waals surface area contributed by atoms with E-state index in [0.29, 0.717) is 6.54 Å². The third-order valence-electron chi connectivity index (χ3n) is 2.29. The van der Waals surface area contributed by atoms with Crippen LogP contribution in [0.25, 0.3) is 0 Å². The Morgan fingerprint density at radius 1 is 1.31 bits per heavy atom. The summed E-state index contributed by atoms with van der Waals surface area (Å²) in [5.41, 5.74) is 3.04. The average molecular weight is 224 g/mol. The van der Waals surface area contributed by atoms with Crippen molar-refractivity contribution < 1.29 is 9.84 Å². The third-order valence-corrected chi connectivity index (χ3v) is 2.29. The summed E-state index contributed by atoms with van der Waals surface area (Å²) in [4.78, 5) is 0. The average Bonchev–Trinajstić information content (AvgIpc) is 2.26. The SMILES string of the molecule is CCNc1cc(C)c(OC)c(NCCO)c1. The minimum Gasteiger partial charge on any atom is -0.494 e. The van der Waals surface area contributed by atoms with Crippen LogP contribution in [-0.2, 0) is 0 Å². The second-order valence-corrected chi connectivity index (χ2v) is 3.55. The minimum atomic E-state index is 0.105. The van der Waals surface area contributed by atoms with Crippen LogP contribution >= 0.6 is 0 Å². The van der Waals surface area contributed by atoms with Crippen molar-refractivity contribution in [2.75, 3.05) is 37.4 Å². The van der Waals surface area contributed by atoms with Crippen molar-refractivity contribution in [2.24, 2.45) is 0 Å². The van der Waals surface area contributed by atoms with E-state index in [4.69, 9.17) is 9.84 Å². The van der Waals surface area contributed by atoms with E-state index in [2.05, 4.69) is 17.6 Å². The van der Waals surface area contributed by atoms with E-state index in [1.807, 2.05) is 19.1 Å². The highest BCUT2D eigenvalue weighted by Crippen LogP contribution is 2.31. The molecule has 0 heterocycles. The molecule has 0 atom stereocenters. The summed E-state index contributed by atoms with van der Waals surface area (Å²) in [6, 6.07) is 4.04. The number of ether oxygens (including phenoxy) is 1. The molecular formula is C12H20N2O2. The quantitative estimate of drug-likeness (QED) is 0.690. The zero-order chi connectivity index (χ0) is 12.0. The van der Waals surface area contributed by atoms with Gasteiger partial charge in [0.05, 0.1) is 19.4 Å². The number of aliphatic hydroxyl groups is 1. The van der Waals surface area contributed by atoms with Gasteiger partial charge in [-0.2, -0.15) is 0 Å². The molecule has 0 aliphatic heterocycles. The number of aryl methyl sites for hydroxylation is 1. The van der Waals surface area contributed by atoms with Crippen LogP contribution in [0.1, 0.15) is 12.5 Å². The molecule has 0 aromatic heterocycles. The normalized spacial score (nSPS) is 10.0. The van der Waals surface area contributed by atoms with E-state index >= 15 is 0 Å². The molecule has 0 saturated carbocycles. The van der Waals surface area contributed by atoms with Crippen LogP contribution in [0.3, 0.4) is 0 Å². The van der Waals surface area contributed by atoms with Crippen LogP contribution < -0.4 is 15.4 Å². The lowest BCUT2D eigenvalue weighted by molar-refractivity contribution is 0.311. The van der Waals surface area contributed by atoms with Crippen molar-refractivity contribution in [1.29, 1.82) is 0 Å². The van der Waals surface area contributed by atoms with Crippen molar-refractivity contribution >= 4 is 11.4 Å². The van der Waals surface area contributed by atoms with Gasteiger partial charge >= 0.3 is 0 Å². The number of anilines is 2. The van der Waals surface area contributed by atoms with Gasteiger partial charge in [0.15, 0.2) is 0 Å². The molecule has 1 aromatic rings. The standard InChI is InChI=1S/C12H20N2O2/c1-4-13-10-7-9(2)12(16-3)11(8-10)14-5-6-15/h7-8,13-15H,4-6H2,1-3H3. The zero-order valence-electron chi connectivity index (χ0n) is 10.1.